The number of aliphatic hydroxyl groups is 1. The average Bonchev–Trinajstić information content (AvgIpc) is 2.95. The number of aromatic nitrogens is 2. The van der Waals surface area contributed by atoms with Gasteiger partial charge in [0.05, 0.1) is 22.9 Å². The summed E-state index contributed by atoms with van der Waals surface area (Å²) in [5.74, 6) is -0.128. The molecule has 2 aromatic rings. The Morgan fingerprint density at radius 1 is 1.17 bits per heavy atom. The summed E-state index contributed by atoms with van der Waals surface area (Å²) in [5, 5.41) is 14.5. The van der Waals surface area contributed by atoms with Crippen LogP contribution in [-0.2, 0) is 12.1 Å². The first-order chi connectivity index (χ1) is 11.1. The van der Waals surface area contributed by atoms with E-state index < -0.39 is 5.60 Å². The number of benzene rings is 1. The van der Waals surface area contributed by atoms with Gasteiger partial charge in [0, 0.05) is 19.3 Å². The summed E-state index contributed by atoms with van der Waals surface area (Å²) in [6, 6.07) is 9.78. The summed E-state index contributed by atoms with van der Waals surface area (Å²) in [6.07, 6.45) is 3.36. The van der Waals surface area contributed by atoms with Gasteiger partial charge in [-0.15, -0.1) is 0 Å². The zero-order valence-corrected chi connectivity index (χ0v) is 15.2. The molecule has 1 N–H and O–H groups in total. The average molecular weight is 329 g/mol. The fraction of sp³-hybridized carbons (Fsp3) is 0.474. The normalized spacial score (nSPS) is 12.2. The molecule has 0 saturated heterocycles. The summed E-state index contributed by atoms with van der Waals surface area (Å²) in [4.78, 5) is 14.6. The lowest BCUT2D eigenvalue weighted by atomic mass is 10.1. The molecular formula is C19H27N3O2. The van der Waals surface area contributed by atoms with Gasteiger partial charge in [0.25, 0.3) is 5.91 Å². The molecule has 130 valence electrons. The van der Waals surface area contributed by atoms with E-state index in [9.17, 15) is 9.90 Å². The zero-order chi connectivity index (χ0) is 18.0. The SMILES string of the molecule is CC(C)(O)CN(Cc1ccccc1)C(=O)c1cnn(C(C)(C)C)c1. The summed E-state index contributed by atoms with van der Waals surface area (Å²) in [5.41, 5.74) is 0.409. The van der Waals surface area contributed by atoms with Crippen molar-refractivity contribution in [1.82, 2.24) is 14.7 Å². The Morgan fingerprint density at radius 3 is 2.29 bits per heavy atom. The third-order valence-electron chi connectivity index (χ3n) is 3.60. The number of nitrogens with zero attached hydrogens (tertiary/aromatic N) is 3. The van der Waals surface area contributed by atoms with E-state index in [0.29, 0.717) is 12.1 Å². The third-order valence-corrected chi connectivity index (χ3v) is 3.60. The molecule has 2 rings (SSSR count). The summed E-state index contributed by atoms with van der Waals surface area (Å²) >= 11 is 0. The van der Waals surface area contributed by atoms with Gasteiger partial charge in [-0.25, -0.2) is 0 Å². The Morgan fingerprint density at radius 2 is 1.79 bits per heavy atom. The molecular weight excluding hydrogens is 302 g/mol. The second-order valence-electron chi connectivity index (χ2n) is 7.80. The van der Waals surface area contributed by atoms with Crippen molar-refractivity contribution in [2.24, 2.45) is 0 Å². The van der Waals surface area contributed by atoms with E-state index in [-0.39, 0.29) is 18.0 Å². The fourth-order valence-corrected chi connectivity index (χ4v) is 2.45. The minimum Gasteiger partial charge on any atom is -0.389 e. The predicted octanol–water partition coefficient (Wildman–Crippen LogP) is 3.05. The van der Waals surface area contributed by atoms with Crippen molar-refractivity contribution >= 4 is 5.91 Å². The van der Waals surface area contributed by atoms with Gasteiger partial charge in [0.15, 0.2) is 0 Å². The minimum absolute atomic E-state index is 0.128. The highest BCUT2D eigenvalue weighted by molar-refractivity contribution is 5.93. The molecule has 0 aliphatic heterocycles. The highest BCUT2D eigenvalue weighted by Gasteiger charge is 2.25. The van der Waals surface area contributed by atoms with Crippen LogP contribution in [0.4, 0.5) is 0 Å². The van der Waals surface area contributed by atoms with Crippen molar-refractivity contribution in [3.63, 3.8) is 0 Å². The molecule has 0 atom stereocenters. The largest absolute Gasteiger partial charge is 0.389 e. The van der Waals surface area contributed by atoms with Crippen LogP contribution in [0, 0.1) is 0 Å². The van der Waals surface area contributed by atoms with Crippen LogP contribution >= 0.6 is 0 Å². The number of amides is 1. The van der Waals surface area contributed by atoms with Gasteiger partial charge in [-0.2, -0.15) is 5.10 Å². The van der Waals surface area contributed by atoms with E-state index in [1.54, 1.807) is 35.8 Å². The van der Waals surface area contributed by atoms with Crippen molar-refractivity contribution in [3.05, 3.63) is 53.9 Å². The first-order valence-electron chi connectivity index (χ1n) is 8.17. The Kier molecular flexibility index (Phi) is 5.13. The molecule has 0 saturated carbocycles. The Hall–Kier alpha value is -2.14. The van der Waals surface area contributed by atoms with E-state index in [2.05, 4.69) is 5.10 Å². The van der Waals surface area contributed by atoms with Crippen LogP contribution < -0.4 is 0 Å². The molecule has 0 bridgehead atoms. The molecule has 0 fully saturated rings. The van der Waals surface area contributed by atoms with Gasteiger partial charge in [0.1, 0.15) is 0 Å². The lowest BCUT2D eigenvalue weighted by molar-refractivity contribution is 0.0280. The van der Waals surface area contributed by atoms with E-state index in [1.807, 2.05) is 51.1 Å². The molecule has 5 heteroatoms. The summed E-state index contributed by atoms with van der Waals surface area (Å²) < 4.78 is 1.78. The molecule has 0 spiro atoms. The Bertz CT molecular complexity index is 679. The first kappa shape index (κ1) is 18.2. The smallest absolute Gasteiger partial charge is 0.257 e. The Balaban J connectivity index is 2.25. The quantitative estimate of drug-likeness (QED) is 0.917. The molecule has 1 heterocycles. The van der Waals surface area contributed by atoms with Crippen LogP contribution in [0.25, 0.3) is 0 Å². The van der Waals surface area contributed by atoms with Crippen LogP contribution in [0.1, 0.15) is 50.5 Å². The molecule has 0 aliphatic rings. The molecule has 1 amide bonds. The second kappa shape index (κ2) is 6.77. The standard InChI is InChI=1S/C19H27N3O2/c1-18(2,3)22-13-16(11-20-22)17(23)21(14-19(4,5)24)12-15-9-7-6-8-10-15/h6-11,13,24H,12,14H2,1-5H3. The van der Waals surface area contributed by atoms with Gasteiger partial charge in [-0.05, 0) is 40.2 Å². The van der Waals surface area contributed by atoms with E-state index in [0.717, 1.165) is 5.56 Å². The molecule has 0 radical (unpaired) electrons. The fourth-order valence-electron chi connectivity index (χ4n) is 2.45. The highest BCUT2D eigenvalue weighted by atomic mass is 16.3. The molecule has 0 aliphatic carbocycles. The van der Waals surface area contributed by atoms with Crippen LogP contribution in [0.15, 0.2) is 42.7 Å². The lowest BCUT2D eigenvalue weighted by Gasteiger charge is -2.29. The van der Waals surface area contributed by atoms with E-state index in [1.165, 1.54) is 0 Å². The number of hydrogen-bond acceptors (Lipinski definition) is 3. The van der Waals surface area contributed by atoms with E-state index >= 15 is 0 Å². The molecule has 5 nitrogen and oxygen atoms in total. The van der Waals surface area contributed by atoms with Gasteiger partial charge < -0.3 is 10.0 Å². The molecule has 0 unspecified atom stereocenters. The maximum Gasteiger partial charge on any atom is 0.257 e. The number of rotatable bonds is 5. The van der Waals surface area contributed by atoms with Crippen molar-refractivity contribution in [2.45, 2.75) is 52.3 Å². The van der Waals surface area contributed by atoms with Crippen LogP contribution in [-0.4, -0.2) is 37.8 Å². The number of hydrogen-bond donors (Lipinski definition) is 1. The predicted molar refractivity (Wildman–Crippen MR) is 94.7 cm³/mol. The van der Waals surface area contributed by atoms with Gasteiger partial charge >= 0.3 is 0 Å². The number of carbonyl (C=O) groups is 1. The summed E-state index contributed by atoms with van der Waals surface area (Å²) in [6.45, 7) is 10.2. The number of carbonyl (C=O) groups excluding carboxylic acids is 1. The maximum absolute atomic E-state index is 12.9. The molecule has 1 aromatic heterocycles. The lowest BCUT2D eigenvalue weighted by Crippen LogP contribution is -2.41. The summed E-state index contributed by atoms with van der Waals surface area (Å²) in [7, 11) is 0. The second-order valence-corrected chi connectivity index (χ2v) is 7.80. The van der Waals surface area contributed by atoms with Crippen molar-refractivity contribution < 1.29 is 9.90 Å². The third kappa shape index (κ3) is 4.93. The monoisotopic (exact) mass is 329 g/mol. The van der Waals surface area contributed by atoms with Crippen LogP contribution in [0.5, 0.6) is 0 Å². The zero-order valence-electron chi connectivity index (χ0n) is 15.2. The topological polar surface area (TPSA) is 58.4 Å². The molecule has 1 aromatic carbocycles. The van der Waals surface area contributed by atoms with Crippen molar-refractivity contribution in [3.8, 4) is 0 Å². The van der Waals surface area contributed by atoms with Crippen molar-refractivity contribution in [1.29, 1.82) is 0 Å². The minimum atomic E-state index is -0.968. The van der Waals surface area contributed by atoms with Gasteiger partial charge in [-0.1, -0.05) is 30.3 Å². The van der Waals surface area contributed by atoms with Gasteiger partial charge in [0.2, 0.25) is 0 Å². The van der Waals surface area contributed by atoms with E-state index in [4.69, 9.17) is 0 Å². The van der Waals surface area contributed by atoms with Crippen LogP contribution in [0.3, 0.4) is 0 Å². The molecule has 24 heavy (non-hydrogen) atoms. The first-order valence-corrected chi connectivity index (χ1v) is 8.17. The van der Waals surface area contributed by atoms with Gasteiger partial charge in [-0.3, -0.25) is 9.48 Å². The van der Waals surface area contributed by atoms with Crippen LogP contribution in [0.2, 0.25) is 0 Å². The maximum atomic E-state index is 12.9. The van der Waals surface area contributed by atoms with Crippen molar-refractivity contribution in [2.75, 3.05) is 6.54 Å². The highest BCUT2D eigenvalue weighted by Crippen LogP contribution is 2.17. The Labute approximate surface area is 143 Å².